The first kappa shape index (κ1) is 11.4. The van der Waals surface area contributed by atoms with Gasteiger partial charge in [0.25, 0.3) is 5.56 Å². The van der Waals surface area contributed by atoms with Crippen LogP contribution in [0.3, 0.4) is 0 Å². The van der Waals surface area contributed by atoms with Gasteiger partial charge < -0.3 is 10.3 Å². The predicted molar refractivity (Wildman–Crippen MR) is 65.4 cm³/mol. The molecule has 0 aliphatic rings. The zero-order valence-electron chi connectivity index (χ0n) is 10.1. The molecule has 90 valence electrons. The van der Waals surface area contributed by atoms with Gasteiger partial charge in [-0.2, -0.15) is 5.10 Å². The number of hydrogen-bond acceptors (Lipinski definition) is 4. The third-order valence-corrected chi connectivity index (χ3v) is 2.28. The van der Waals surface area contributed by atoms with E-state index in [1.54, 1.807) is 4.68 Å². The molecular formula is C11H15N5O. The van der Waals surface area contributed by atoms with Crippen molar-refractivity contribution in [3.05, 3.63) is 34.5 Å². The lowest BCUT2D eigenvalue weighted by atomic mass is 10.2. The Morgan fingerprint density at radius 1 is 1.41 bits per heavy atom. The summed E-state index contributed by atoms with van der Waals surface area (Å²) in [5.41, 5.74) is -0.165. The minimum atomic E-state index is -0.165. The van der Waals surface area contributed by atoms with Crippen LogP contribution in [0.5, 0.6) is 0 Å². The van der Waals surface area contributed by atoms with Crippen molar-refractivity contribution in [2.24, 2.45) is 7.05 Å². The van der Waals surface area contributed by atoms with Gasteiger partial charge in [-0.05, 0) is 0 Å². The quantitative estimate of drug-likeness (QED) is 0.839. The molecule has 2 aromatic rings. The molecule has 0 amide bonds. The zero-order valence-corrected chi connectivity index (χ0v) is 10.1. The number of anilines is 2. The number of nitrogens with zero attached hydrogens (tertiary/aromatic N) is 3. The molecule has 0 aliphatic carbocycles. The van der Waals surface area contributed by atoms with Crippen LogP contribution in [-0.2, 0) is 7.05 Å². The van der Waals surface area contributed by atoms with E-state index in [-0.39, 0.29) is 11.5 Å². The fourth-order valence-corrected chi connectivity index (χ4v) is 1.43. The maximum Gasteiger partial charge on any atom is 0.252 e. The van der Waals surface area contributed by atoms with E-state index in [4.69, 9.17) is 0 Å². The number of hydrogen-bond donors (Lipinski definition) is 2. The number of aromatic nitrogens is 4. The van der Waals surface area contributed by atoms with Gasteiger partial charge in [0.1, 0.15) is 11.6 Å². The molecule has 0 aromatic carbocycles. The van der Waals surface area contributed by atoms with E-state index in [1.807, 2.05) is 33.2 Å². The van der Waals surface area contributed by atoms with Gasteiger partial charge in [0.15, 0.2) is 5.82 Å². The average Bonchev–Trinajstić information content (AvgIpc) is 2.63. The van der Waals surface area contributed by atoms with Crippen LogP contribution in [0.4, 0.5) is 11.6 Å². The molecule has 0 saturated heterocycles. The van der Waals surface area contributed by atoms with Crippen LogP contribution in [-0.4, -0.2) is 19.7 Å². The van der Waals surface area contributed by atoms with Crippen molar-refractivity contribution in [3.8, 4) is 0 Å². The van der Waals surface area contributed by atoms with Crippen LogP contribution in [0.1, 0.15) is 25.6 Å². The number of H-pyrrole nitrogens is 1. The first-order valence-corrected chi connectivity index (χ1v) is 5.42. The predicted octanol–water partition coefficient (Wildman–Crippen LogP) is 1.37. The van der Waals surface area contributed by atoms with E-state index in [0.29, 0.717) is 17.5 Å². The Bertz CT molecular complexity index is 569. The van der Waals surface area contributed by atoms with Crippen LogP contribution in [0.25, 0.3) is 0 Å². The first-order chi connectivity index (χ1) is 8.04. The number of nitrogens with one attached hydrogen (secondary N) is 2. The van der Waals surface area contributed by atoms with E-state index in [9.17, 15) is 4.79 Å². The van der Waals surface area contributed by atoms with Crippen molar-refractivity contribution in [1.29, 1.82) is 0 Å². The first-order valence-electron chi connectivity index (χ1n) is 5.42. The Hall–Kier alpha value is -2.11. The second kappa shape index (κ2) is 4.40. The van der Waals surface area contributed by atoms with Gasteiger partial charge in [-0.1, -0.05) is 13.8 Å². The van der Waals surface area contributed by atoms with Crippen molar-refractivity contribution in [1.82, 2.24) is 19.7 Å². The Morgan fingerprint density at radius 3 is 2.76 bits per heavy atom. The van der Waals surface area contributed by atoms with Gasteiger partial charge in [-0.15, -0.1) is 0 Å². The highest BCUT2D eigenvalue weighted by molar-refractivity contribution is 5.50. The summed E-state index contributed by atoms with van der Waals surface area (Å²) in [4.78, 5) is 18.5. The molecule has 0 atom stereocenters. The molecule has 6 nitrogen and oxygen atoms in total. The van der Waals surface area contributed by atoms with E-state index >= 15 is 0 Å². The molecule has 17 heavy (non-hydrogen) atoms. The molecule has 0 aliphatic heterocycles. The largest absolute Gasteiger partial charge is 0.323 e. The Balaban J connectivity index is 2.29. The molecule has 2 aromatic heterocycles. The third-order valence-electron chi connectivity index (χ3n) is 2.28. The third kappa shape index (κ3) is 2.72. The number of aryl methyl sites for hydroxylation is 1. The number of aromatic amines is 1. The fourth-order valence-electron chi connectivity index (χ4n) is 1.43. The molecular weight excluding hydrogens is 218 g/mol. The van der Waals surface area contributed by atoms with Gasteiger partial charge in [0, 0.05) is 31.3 Å². The van der Waals surface area contributed by atoms with Gasteiger partial charge in [0.2, 0.25) is 0 Å². The maximum atomic E-state index is 11.4. The normalized spacial score (nSPS) is 10.8. The summed E-state index contributed by atoms with van der Waals surface area (Å²) in [6.45, 7) is 3.95. The summed E-state index contributed by atoms with van der Waals surface area (Å²) in [7, 11) is 1.83. The van der Waals surface area contributed by atoms with Crippen molar-refractivity contribution >= 4 is 11.6 Å². The molecule has 0 saturated carbocycles. The van der Waals surface area contributed by atoms with Crippen LogP contribution < -0.4 is 10.9 Å². The molecule has 0 bridgehead atoms. The van der Waals surface area contributed by atoms with Crippen LogP contribution >= 0.6 is 0 Å². The zero-order chi connectivity index (χ0) is 12.4. The van der Waals surface area contributed by atoms with Crippen molar-refractivity contribution < 1.29 is 0 Å². The molecule has 0 fully saturated rings. The number of rotatable bonds is 3. The lowest BCUT2D eigenvalue weighted by Gasteiger charge is -2.07. The van der Waals surface area contributed by atoms with Crippen molar-refractivity contribution in [3.63, 3.8) is 0 Å². The van der Waals surface area contributed by atoms with Crippen LogP contribution in [0.15, 0.2) is 23.1 Å². The summed E-state index contributed by atoms with van der Waals surface area (Å²) in [5, 5.41) is 7.16. The second-order valence-electron chi connectivity index (χ2n) is 4.17. The van der Waals surface area contributed by atoms with Gasteiger partial charge in [-0.25, -0.2) is 4.98 Å². The summed E-state index contributed by atoms with van der Waals surface area (Å²) in [6, 6.07) is 3.23. The molecule has 0 unspecified atom stereocenters. The van der Waals surface area contributed by atoms with E-state index < -0.39 is 0 Å². The monoisotopic (exact) mass is 233 g/mol. The molecule has 2 rings (SSSR count). The summed E-state index contributed by atoms with van der Waals surface area (Å²) < 4.78 is 1.68. The molecule has 0 radical (unpaired) electrons. The second-order valence-corrected chi connectivity index (χ2v) is 4.17. The molecule has 6 heteroatoms. The highest BCUT2D eigenvalue weighted by Gasteiger charge is 2.06. The minimum Gasteiger partial charge on any atom is -0.323 e. The maximum absolute atomic E-state index is 11.4. The Morgan fingerprint density at radius 2 is 2.18 bits per heavy atom. The Labute approximate surface area is 98.7 Å². The highest BCUT2D eigenvalue weighted by Crippen LogP contribution is 2.12. The lowest BCUT2D eigenvalue weighted by Crippen LogP contribution is -2.13. The Kier molecular flexibility index (Phi) is 2.95. The standard InChI is InChI=1S/C11H15N5O/c1-7(2)11-13-9(6-10(17)14-11)12-8-4-5-16(3)15-8/h4-7H,1-3H3,(H2,12,13,14,15,17). The SMILES string of the molecule is CC(C)c1nc(Nc2ccn(C)n2)cc(=O)[nH]1. The fraction of sp³-hybridized carbons (Fsp3) is 0.364. The highest BCUT2D eigenvalue weighted by atomic mass is 16.1. The summed E-state index contributed by atoms with van der Waals surface area (Å²) >= 11 is 0. The van der Waals surface area contributed by atoms with Crippen LogP contribution in [0, 0.1) is 0 Å². The molecule has 2 N–H and O–H groups in total. The smallest absolute Gasteiger partial charge is 0.252 e. The van der Waals surface area contributed by atoms with Gasteiger partial charge in [-0.3, -0.25) is 9.48 Å². The summed E-state index contributed by atoms with van der Waals surface area (Å²) in [5.74, 6) is 2.01. The topological polar surface area (TPSA) is 75.6 Å². The minimum absolute atomic E-state index is 0.165. The lowest BCUT2D eigenvalue weighted by molar-refractivity contribution is 0.763. The van der Waals surface area contributed by atoms with Crippen molar-refractivity contribution in [2.75, 3.05) is 5.32 Å². The average molecular weight is 233 g/mol. The van der Waals surface area contributed by atoms with Crippen LogP contribution in [0.2, 0.25) is 0 Å². The van der Waals surface area contributed by atoms with Crippen molar-refractivity contribution in [2.45, 2.75) is 19.8 Å². The summed E-state index contributed by atoms with van der Waals surface area (Å²) in [6.07, 6.45) is 1.82. The molecule has 0 spiro atoms. The van der Waals surface area contributed by atoms with E-state index in [2.05, 4.69) is 20.4 Å². The van der Waals surface area contributed by atoms with Gasteiger partial charge in [0.05, 0.1) is 0 Å². The van der Waals surface area contributed by atoms with E-state index in [0.717, 1.165) is 0 Å². The molecule has 2 heterocycles. The van der Waals surface area contributed by atoms with Gasteiger partial charge >= 0.3 is 0 Å². The van der Waals surface area contributed by atoms with E-state index in [1.165, 1.54) is 6.07 Å².